The monoisotopic (exact) mass is 229 g/mol. The van der Waals surface area contributed by atoms with Gasteiger partial charge in [-0.3, -0.25) is 4.90 Å². The Labute approximate surface area is 102 Å². The molecule has 1 unspecified atom stereocenters. The van der Waals surface area contributed by atoms with Crippen molar-refractivity contribution in [1.82, 2.24) is 14.3 Å². The molecule has 1 fully saturated rings. The third-order valence-electron chi connectivity index (χ3n) is 3.73. The fraction of sp³-hybridized carbons (Fsp3) is 0.500. The molecule has 17 heavy (non-hydrogen) atoms. The molecule has 0 radical (unpaired) electrons. The first-order chi connectivity index (χ1) is 8.24. The quantitative estimate of drug-likeness (QED) is 0.749. The van der Waals surface area contributed by atoms with Gasteiger partial charge in [0.05, 0.1) is 11.7 Å². The van der Waals surface area contributed by atoms with Crippen LogP contribution in [-0.2, 0) is 0 Å². The Morgan fingerprint density at radius 3 is 2.94 bits per heavy atom. The van der Waals surface area contributed by atoms with Crippen molar-refractivity contribution in [2.45, 2.75) is 32.2 Å². The van der Waals surface area contributed by atoms with Crippen LogP contribution in [0.5, 0.6) is 0 Å². The summed E-state index contributed by atoms with van der Waals surface area (Å²) in [7, 11) is 2.21. The minimum absolute atomic E-state index is 0.504. The third-order valence-corrected chi connectivity index (χ3v) is 3.73. The van der Waals surface area contributed by atoms with E-state index in [1.807, 2.05) is 0 Å². The summed E-state index contributed by atoms with van der Waals surface area (Å²) >= 11 is 0. The molecule has 1 aliphatic heterocycles. The number of pyridine rings is 1. The van der Waals surface area contributed by atoms with Crippen molar-refractivity contribution in [1.29, 1.82) is 0 Å². The van der Waals surface area contributed by atoms with Crippen LogP contribution < -0.4 is 0 Å². The van der Waals surface area contributed by atoms with Gasteiger partial charge >= 0.3 is 0 Å². The lowest BCUT2D eigenvalue weighted by molar-refractivity contribution is 0.184. The zero-order chi connectivity index (χ0) is 11.8. The normalized spacial score (nSPS) is 22.1. The van der Waals surface area contributed by atoms with Gasteiger partial charge in [0.15, 0.2) is 0 Å². The summed E-state index contributed by atoms with van der Waals surface area (Å²) in [5.74, 6) is 0. The lowest BCUT2D eigenvalue weighted by atomic mass is 10.0. The zero-order valence-electron chi connectivity index (χ0n) is 10.6. The highest BCUT2D eigenvalue weighted by atomic mass is 15.2. The number of fused-ring (bicyclic) bond motifs is 1. The van der Waals surface area contributed by atoms with Crippen molar-refractivity contribution in [3.63, 3.8) is 0 Å². The van der Waals surface area contributed by atoms with Crippen LogP contribution in [0.25, 0.3) is 5.65 Å². The summed E-state index contributed by atoms with van der Waals surface area (Å²) in [6, 6.07) is 4.72. The van der Waals surface area contributed by atoms with Crippen LogP contribution in [0.3, 0.4) is 0 Å². The predicted molar refractivity (Wildman–Crippen MR) is 69.2 cm³/mol. The first kappa shape index (κ1) is 10.8. The number of hydrogen-bond acceptors (Lipinski definition) is 2. The van der Waals surface area contributed by atoms with Gasteiger partial charge in [-0.2, -0.15) is 0 Å². The van der Waals surface area contributed by atoms with Crippen LogP contribution in [0.1, 0.15) is 36.6 Å². The van der Waals surface area contributed by atoms with Crippen molar-refractivity contribution >= 4 is 5.65 Å². The van der Waals surface area contributed by atoms with E-state index in [4.69, 9.17) is 4.98 Å². The molecule has 0 amide bonds. The van der Waals surface area contributed by atoms with Gasteiger partial charge in [-0.15, -0.1) is 0 Å². The lowest BCUT2D eigenvalue weighted by Gasteiger charge is -2.31. The molecule has 0 spiro atoms. The number of hydrogen-bond donors (Lipinski definition) is 0. The third kappa shape index (κ3) is 1.95. The van der Waals surface area contributed by atoms with E-state index in [1.165, 1.54) is 37.1 Å². The molecule has 2 aromatic rings. The van der Waals surface area contributed by atoms with E-state index >= 15 is 0 Å². The Balaban J connectivity index is 1.99. The molecule has 0 N–H and O–H groups in total. The minimum Gasteiger partial charge on any atom is -0.306 e. The molecule has 1 saturated heterocycles. The number of rotatable bonds is 1. The minimum atomic E-state index is 0.504. The number of imidazole rings is 1. The standard InChI is InChI=1S/C14H19N3/c1-11-6-7-14-15-12(10-17(14)9-11)13-5-3-4-8-16(13)2/h6-7,9-10,13H,3-5,8H2,1-2H3. The number of piperidine rings is 1. The Hall–Kier alpha value is -1.35. The first-order valence-corrected chi connectivity index (χ1v) is 6.39. The van der Waals surface area contributed by atoms with Crippen molar-refractivity contribution < 1.29 is 0 Å². The van der Waals surface area contributed by atoms with Gasteiger partial charge in [-0.05, 0) is 45.0 Å². The summed E-state index contributed by atoms with van der Waals surface area (Å²) < 4.78 is 2.15. The van der Waals surface area contributed by atoms with Crippen molar-refractivity contribution in [2.24, 2.45) is 0 Å². The molecule has 3 heterocycles. The summed E-state index contributed by atoms with van der Waals surface area (Å²) in [4.78, 5) is 7.18. The molecule has 3 heteroatoms. The predicted octanol–water partition coefficient (Wildman–Crippen LogP) is 2.80. The van der Waals surface area contributed by atoms with Crippen LogP contribution >= 0.6 is 0 Å². The van der Waals surface area contributed by atoms with E-state index in [-0.39, 0.29) is 0 Å². The van der Waals surface area contributed by atoms with Crippen LogP contribution in [0.15, 0.2) is 24.5 Å². The van der Waals surface area contributed by atoms with Gasteiger partial charge in [0.25, 0.3) is 0 Å². The molecule has 0 bridgehead atoms. The van der Waals surface area contributed by atoms with Gasteiger partial charge in [0.2, 0.25) is 0 Å². The molecule has 90 valence electrons. The van der Waals surface area contributed by atoms with Crippen molar-refractivity contribution in [3.05, 3.63) is 35.8 Å². The summed E-state index contributed by atoms with van der Waals surface area (Å²) in [6.45, 7) is 3.31. The second-order valence-corrected chi connectivity index (χ2v) is 5.13. The van der Waals surface area contributed by atoms with Gasteiger partial charge in [0.1, 0.15) is 5.65 Å². The number of nitrogens with zero attached hydrogens (tertiary/aromatic N) is 3. The van der Waals surface area contributed by atoms with Crippen LogP contribution in [0.4, 0.5) is 0 Å². The zero-order valence-corrected chi connectivity index (χ0v) is 10.6. The van der Waals surface area contributed by atoms with Gasteiger partial charge in [-0.25, -0.2) is 4.98 Å². The highest BCUT2D eigenvalue weighted by Crippen LogP contribution is 2.28. The van der Waals surface area contributed by atoms with E-state index < -0.39 is 0 Å². The highest BCUT2D eigenvalue weighted by Gasteiger charge is 2.22. The SMILES string of the molecule is Cc1ccc2nc(C3CCCCN3C)cn2c1. The molecule has 1 aliphatic rings. The number of aromatic nitrogens is 2. The maximum atomic E-state index is 4.75. The summed E-state index contributed by atoms with van der Waals surface area (Å²) in [5, 5.41) is 0. The molecule has 3 rings (SSSR count). The summed E-state index contributed by atoms with van der Waals surface area (Å²) in [6.07, 6.45) is 8.21. The Morgan fingerprint density at radius 2 is 2.12 bits per heavy atom. The topological polar surface area (TPSA) is 20.5 Å². The number of aryl methyl sites for hydroxylation is 1. The largest absolute Gasteiger partial charge is 0.306 e. The smallest absolute Gasteiger partial charge is 0.137 e. The van der Waals surface area contributed by atoms with Crippen molar-refractivity contribution in [3.8, 4) is 0 Å². The highest BCUT2D eigenvalue weighted by molar-refractivity contribution is 5.41. The molecule has 0 saturated carbocycles. The van der Waals surface area contributed by atoms with Crippen LogP contribution in [0, 0.1) is 6.92 Å². The maximum absolute atomic E-state index is 4.75. The fourth-order valence-electron chi connectivity index (χ4n) is 2.73. The van der Waals surface area contributed by atoms with Crippen LogP contribution in [-0.4, -0.2) is 27.9 Å². The van der Waals surface area contributed by atoms with E-state index in [1.54, 1.807) is 0 Å². The molecule has 2 aromatic heterocycles. The lowest BCUT2D eigenvalue weighted by Crippen LogP contribution is -2.29. The Bertz CT molecular complexity index is 529. The molecular formula is C14H19N3. The fourth-order valence-corrected chi connectivity index (χ4v) is 2.73. The van der Waals surface area contributed by atoms with Gasteiger partial charge in [0, 0.05) is 12.4 Å². The average molecular weight is 229 g/mol. The maximum Gasteiger partial charge on any atom is 0.137 e. The molecule has 1 atom stereocenters. The van der Waals surface area contributed by atoms with Crippen molar-refractivity contribution in [2.75, 3.05) is 13.6 Å². The summed E-state index contributed by atoms with van der Waals surface area (Å²) in [5.41, 5.74) is 3.56. The molecular weight excluding hydrogens is 210 g/mol. The second kappa shape index (κ2) is 4.15. The van der Waals surface area contributed by atoms with Gasteiger partial charge < -0.3 is 4.40 Å². The number of likely N-dealkylation sites (tertiary alicyclic amines) is 1. The molecule has 3 nitrogen and oxygen atoms in total. The van der Waals surface area contributed by atoms with Gasteiger partial charge in [-0.1, -0.05) is 12.5 Å². The van der Waals surface area contributed by atoms with E-state index in [0.717, 1.165) is 5.65 Å². The Kier molecular flexibility index (Phi) is 2.63. The average Bonchev–Trinajstić information content (AvgIpc) is 2.72. The first-order valence-electron chi connectivity index (χ1n) is 6.39. The van der Waals surface area contributed by atoms with Crippen LogP contribution in [0.2, 0.25) is 0 Å². The Morgan fingerprint density at radius 1 is 1.24 bits per heavy atom. The van der Waals surface area contributed by atoms with E-state index in [2.05, 4.69) is 47.8 Å². The molecule has 0 aliphatic carbocycles. The van der Waals surface area contributed by atoms with E-state index in [9.17, 15) is 0 Å². The van der Waals surface area contributed by atoms with E-state index in [0.29, 0.717) is 6.04 Å². The second-order valence-electron chi connectivity index (χ2n) is 5.13. The molecule has 0 aromatic carbocycles.